The Morgan fingerprint density at radius 1 is 1.20 bits per heavy atom. The predicted octanol–water partition coefficient (Wildman–Crippen LogP) is 3.46. The molecule has 20 heavy (non-hydrogen) atoms. The number of ether oxygens (including phenoxy) is 1. The van der Waals surface area contributed by atoms with Gasteiger partial charge in [-0.15, -0.1) is 0 Å². The van der Waals surface area contributed by atoms with Gasteiger partial charge in [-0.25, -0.2) is 9.97 Å². The normalized spacial score (nSPS) is 16.4. The van der Waals surface area contributed by atoms with Gasteiger partial charge in [-0.3, -0.25) is 0 Å². The van der Waals surface area contributed by atoms with Gasteiger partial charge in [-0.2, -0.15) is 4.98 Å². The van der Waals surface area contributed by atoms with Crippen LogP contribution in [0.2, 0.25) is 5.15 Å². The second kappa shape index (κ2) is 4.70. The van der Waals surface area contributed by atoms with E-state index in [-0.39, 0.29) is 5.41 Å². The number of pyridine rings is 1. The molecule has 0 aromatic carbocycles. The minimum atomic E-state index is 0.0586. The lowest BCUT2D eigenvalue weighted by Crippen LogP contribution is -2.30. The van der Waals surface area contributed by atoms with Gasteiger partial charge in [0.05, 0.1) is 12.2 Å². The van der Waals surface area contributed by atoms with Crippen LogP contribution in [0.5, 0.6) is 5.88 Å². The van der Waals surface area contributed by atoms with Crippen LogP contribution in [0.1, 0.15) is 25.1 Å². The summed E-state index contributed by atoms with van der Waals surface area (Å²) in [6.07, 6.45) is 0.822. The Bertz CT molecular complexity index is 670. The van der Waals surface area contributed by atoms with Crippen LogP contribution < -0.4 is 4.74 Å². The lowest BCUT2D eigenvalue weighted by molar-refractivity contribution is 0.148. The standard InChI is InChI=1S/C15H16ClN3O/c1-9-5-4-6-11(17-9)13-18-12(16)10-7-15(2,3)8-20-14(10)19-13/h4-6H,7-8H2,1-3H3. The summed E-state index contributed by atoms with van der Waals surface area (Å²) in [4.78, 5) is 13.3. The highest BCUT2D eigenvalue weighted by Crippen LogP contribution is 2.37. The molecular weight excluding hydrogens is 274 g/mol. The second-order valence-electron chi connectivity index (χ2n) is 5.92. The second-order valence-corrected chi connectivity index (χ2v) is 6.27. The molecule has 0 N–H and O–H groups in total. The van der Waals surface area contributed by atoms with E-state index < -0.39 is 0 Å². The number of aromatic nitrogens is 3. The Hall–Kier alpha value is -1.68. The molecule has 5 heteroatoms. The van der Waals surface area contributed by atoms with Crippen molar-refractivity contribution in [2.24, 2.45) is 5.41 Å². The van der Waals surface area contributed by atoms with Crippen molar-refractivity contribution in [3.63, 3.8) is 0 Å². The van der Waals surface area contributed by atoms with Crippen LogP contribution >= 0.6 is 11.6 Å². The third-order valence-corrected chi connectivity index (χ3v) is 3.60. The van der Waals surface area contributed by atoms with E-state index in [1.807, 2.05) is 25.1 Å². The molecule has 0 spiro atoms. The molecule has 0 radical (unpaired) electrons. The Kier molecular flexibility index (Phi) is 3.13. The van der Waals surface area contributed by atoms with E-state index >= 15 is 0 Å². The van der Waals surface area contributed by atoms with Gasteiger partial charge in [0.1, 0.15) is 10.8 Å². The first-order chi connectivity index (χ1) is 9.44. The molecule has 0 unspecified atom stereocenters. The molecule has 0 atom stereocenters. The maximum atomic E-state index is 6.31. The van der Waals surface area contributed by atoms with E-state index in [0.29, 0.717) is 29.2 Å². The monoisotopic (exact) mass is 289 g/mol. The van der Waals surface area contributed by atoms with Crippen LogP contribution in [0.3, 0.4) is 0 Å². The van der Waals surface area contributed by atoms with Gasteiger partial charge in [-0.1, -0.05) is 31.5 Å². The van der Waals surface area contributed by atoms with Crippen LogP contribution in [0.15, 0.2) is 18.2 Å². The molecule has 3 heterocycles. The van der Waals surface area contributed by atoms with Crippen LogP contribution in [0, 0.1) is 12.3 Å². The van der Waals surface area contributed by atoms with Crippen molar-refractivity contribution < 1.29 is 4.74 Å². The summed E-state index contributed by atoms with van der Waals surface area (Å²) in [5, 5.41) is 0.459. The average molecular weight is 290 g/mol. The summed E-state index contributed by atoms with van der Waals surface area (Å²) in [6, 6.07) is 5.73. The number of halogens is 1. The number of rotatable bonds is 1. The fourth-order valence-electron chi connectivity index (χ4n) is 2.28. The quantitative estimate of drug-likeness (QED) is 0.754. The van der Waals surface area contributed by atoms with Crippen LogP contribution in [-0.4, -0.2) is 21.6 Å². The van der Waals surface area contributed by atoms with Crippen LogP contribution in [0.25, 0.3) is 11.5 Å². The number of hydrogen-bond acceptors (Lipinski definition) is 4. The Morgan fingerprint density at radius 3 is 2.75 bits per heavy atom. The molecule has 0 fully saturated rings. The lowest BCUT2D eigenvalue weighted by Gasteiger charge is -2.30. The maximum absolute atomic E-state index is 6.31. The highest BCUT2D eigenvalue weighted by molar-refractivity contribution is 6.30. The van der Waals surface area contributed by atoms with Crippen molar-refractivity contribution in [2.75, 3.05) is 6.61 Å². The van der Waals surface area contributed by atoms with Crippen LogP contribution in [0.4, 0.5) is 0 Å². The first-order valence-corrected chi connectivity index (χ1v) is 6.96. The van der Waals surface area contributed by atoms with Crippen molar-refractivity contribution in [1.29, 1.82) is 0 Å². The van der Waals surface area contributed by atoms with Gasteiger partial charge >= 0.3 is 0 Å². The van der Waals surface area contributed by atoms with E-state index in [2.05, 4.69) is 28.8 Å². The number of aryl methyl sites for hydroxylation is 1. The molecule has 0 aliphatic carbocycles. The zero-order chi connectivity index (χ0) is 14.3. The summed E-state index contributed by atoms with van der Waals surface area (Å²) in [6.45, 7) is 6.85. The number of fused-ring (bicyclic) bond motifs is 1. The minimum absolute atomic E-state index is 0.0586. The molecule has 2 aromatic rings. The summed E-state index contributed by atoms with van der Waals surface area (Å²) < 4.78 is 5.75. The maximum Gasteiger partial charge on any atom is 0.221 e. The Morgan fingerprint density at radius 2 is 2.00 bits per heavy atom. The van der Waals surface area contributed by atoms with Crippen molar-refractivity contribution in [1.82, 2.24) is 15.0 Å². The molecule has 0 saturated heterocycles. The van der Waals surface area contributed by atoms with Gasteiger partial charge in [0.25, 0.3) is 0 Å². The van der Waals surface area contributed by atoms with E-state index in [9.17, 15) is 0 Å². The summed E-state index contributed by atoms with van der Waals surface area (Å²) in [7, 11) is 0. The zero-order valence-corrected chi connectivity index (χ0v) is 12.5. The topological polar surface area (TPSA) is 47.9 Å². The lowest BCUT2D eigenvalue weighted by atomic mass is 9.86. The summed E-state index contributed by atoms with van der Waals surface area (Å²) in [5.41, 5.74) is 2.58. The van der Waals surface area contributed by atoms with Gasteiger partial charge in [0, 0.05) is 11.1 Å². The van der Waals surface area contributed by atoms with E-state index in [0.717, 1.165) is 17.7 Å². The molecular formula is C15H16ClN3O. The highest BCUT2D eigenvalue weighted by Gasteiger charge is 2.30. The van der Waals surface area contributed by atoms with E-state index in [1.165, 1.54) is 0 Å². The molecule has 4 nitrogen and oxygen atoms in total. The molecule has 1 aliphatic rings. The van der Waals surface area contributed by atoms with Crippen molar-refractivity contribution in [3.05, 3.63) is 34.6 Å². The third kappa shape index (κ3) is 2.48. The molecule has 0 bridgehead atoms. The molecule has 0 amide bonds. The van der Waals surface area contributed by atoms with Crippen molar-refractivity contribution in [3.8, 4) is 17.4 Å². The first-order valence-electron chi connectivity index (χ1n) is 6.58. The molecule has 1 aliphatic heterocycles. The summed E-state index contributed by atoms with van der Waals surface area (Å²) >= 11 is 6.31. The highest BCUT2D eigenvalue weighted by atomic mass is 35.5. The third-order valence-electron chi connectivity index (χ3n) is 3.29. The van der Waals surface area contributed by atoms with E-state index in [1.54, 1.807) is 0 Å². The zero-order valence-electron chi connectivity index (χ0n) is 11.8. The minimum Gasteiger partial charge on any atom is -0.477 e. The molecule has 3 rings (SSSR count). The van der Waals surface area contributed by atoms with Crippen molar-refractivity contribution in [2.45, 2.75) is 27.2 Å². The molecule has 104 valence electrons. The van der Waals surface area contributed by atoms with Gasteiger partial charge in [0.2, 0.25) is 5.88 Å². The average Bonchev–Trinajstić information content (AvgIpc) is 2.39. The number of nitrogens with zero attached hydrogens (tertiary/aromatic N) is 3. The van der Waals surface area contributed by atoms with Gasteiger partial charge in [0.15, 0.2) is 5.82 Å². The SMILES string of the molecule is Cc1cccc(-c2nc(Cl)c3c(n2)OCC(C)(C)C3)n1. The van der Waals surface area contributed by atoms with Gasteiger partial charge < -0.3 is 4.74 Å². The largest absolute Gasteiger partial charge is 0.477 e. The molecule has 0 saturated carbocycles. The van der Waals surface area contributed by atoms with Crippen molar-refractivity contribution >= 4 is 11.6 Å². The fourth-order valence-corrected chi connectivity index (χ4v) is 2.51. The van der Waals surface area contributed by atoms with Crippen LogP contribution in [-0.2, 0) is 6.42 Å². The summed E-state index contributed by atoms with van der Waals surface area (Å²) in [5.74, 6) is 1.10. The van der Waals surface area contributed by atoms with E-state index in [4.69, 9.17) is 16.3 Å². The Balaban J connectivity index is 2.07. The van der Waals surface area contributed by atoms with Gasteiger partial charge in [-0.05, 0) is 25.5 Å². The predicted molar refractivity (Wildman–Crippen MR) is 78.0 cm³/mol. The fraction of sp³-hybridized carbons (Fsp3) is 0.400. The smallest absolute Gasteiger partial charge is 0.221 e. The Labute approximate surface area is 123 Å². The molecule has 2 aromatic heterocycles. The number of hydrogen-bond donors (Lipinski definition) is 0. The first kappa shape index (κ1) is 13.3.